The number of rotatable bonds is 4. The molecule has 1 atom stereocenters. The summed E-state index contributed by atoms with van der Waals surface area (Å²) < 4.78 is 33.3. The molecule has 1 aliphatic rings. The lowest BCUT2D eigenvalue weighted by atomic mass is 10.2. The van der Waals surface area contributed by atoms with Gasteiger partial charge in [0.15, 0.2) is 9.84 Å². The predicted octanol–water partition coefficient (Wildman–Crippen LogP) is 1.35. The fourth-order valence-corrected chi connectivity index (χ4v) is 4.13. The lowest BCUT2D eigenvalue weighted by molar-refractivity contribution is 0.209. The van der Waals surface area contributed by atoms with E-state index in [0.717, 1.165) is 0 Å². The molecule has 2 rings (SSSR count). The van der Waals surface area contributed by atoms with Crippen LogP contribution in [0.2, 0.25) is 0 Å². The Morgan fingerprint density at radius 3 is 2.59 bits per heavy atom. The third-order valence-corrected chi connectivity index (χ3v) is 5.48. The van der Waals surface area contributed by atoms with Gasteiger partial charge in [-0.2, -0.15) is 0 Å². The van der Waals surface area contributed by atoms with Gasteiger partial charge in [-0.3, -0.25) is 0 Å². The van der Waals surface area contributed by atoms with Crippen molar-refractivity contribution in [3.05, 3.63) is 18.2 Å². The van der Waals surface area contributed by atoms with Gasteiger partial charge in [0.2, 0.25) is 0 Å². The standard InChI is InChI=1S/C14H20N2O5S/c1-16(10-6-7-22(18,19)9-10)14(17)15-12-5-4-11(20-2)8-13(12)21-3/h4-5,8,10H,6-7,9H2,1-3H3,(H,15,17). The fourth-order valence-electron chi connectivity index (χ4n) is 2.35. The number of amides is 2. The molecule has 0 spiro atoms. The second-order valence-corrected chi connectivity index (χ2v) is 7.39. The molecule has 7 nitrogen and oxygen atoms in total. The minimum atomic E-state index is -3.03. The van der Waals surface area contributed by atoms with Gasteiger partial charge in [-0.25, -0.2) is 13.2 Å². The van der Waals surface area contributed by atoms with Gasteiger partial charge in [-0.05, 0) is 18.6 Å². The highest BCUT2D eigenvalue weighted by atomic mass is 32.2. The van der Waals surface area contributed by atoms with E-state index in [4.69, 9.17) is 9.47 Å². The number of hydrogen-bond donors (Lipinski definition) is 1. The molecule has 0 radical (unpaired) electrons. The average Bonchev–Trinajstić information content (AvgIpc) is 2.86. The van der Waals surface area contributed by atoms with Gasteiger partial charge < -0.3 is 19.7 Å². The summed E-state index contributed by atoms with van der Waals surface area (Å²) >= 11 is 0. The van der Waals surface area contributed by atoms with Crippen molar-refractivity contribution in [1.82, 2.24) is 4.90 Å². The largest absolute Gasteiger partial charge is 0.497 e. The van der Waals surface area contributed by atoms with E-state index in [1.807, 2.05) is 0 Å². The first-order chi connectivity index (χ1) is 10.4. The fraction of sp³-hybridized carbons (Fsp3) is 0.500. The third-order valence-electron chi connectivity index (χ3n) is 3.73. The van der Waals surface area contributed by atoms with Crippen LogP contribution in [-0.2, 0) is 9.84 Å². The molecule has 0 bridgehead atoms. The molecule has 8 heteroatoms. The number of nitrogens with one attached hydrogen (secondary N) is 1. The molecule has 1 aliphatic heterocycles. The summed E-state index contributed by atoms with van der Waals surface area (Å²) in [5.74, 6) is 1.22. The van der Waals surface area contributed by atoms with E-state index in [2.05, 4.69) is 5.32 Å². The van der Waals surface area contributed by atoms with Crippen LogP contribution in [0.1, 0.15) is 6.42 Å². The first kappa shape index (κ1) is 16.4. The number of nitrogens with zero attached hydrogens (tertiary/aromatic N) is 1. The first-order valence-corrected chi connectivity index (χ1v) is 8.64. The van der Waals surface area contributed by atoms with Gasteiger partial charge in [-0.1, -0.05) is 0 Å². The van der Waals surface area contributed by atoms with Crippen LogP contribution in [0.25, 0.3) is 0 Å². The summed E-state index contributed by atoms with van der Waals surface area (Å²) in [6, 6.07) is 4.38. The van der Waals surface area contributed by atoms with Gasteiger partial charge in [0, 0.05) is 19.2 Å². The molecule has 1 aromatic carbocycles. The van der Waals surface area contributed by atoms with Gasteiger partial charge in [0.1, 0.15) is 11.5 Å². The van der Waals surface area contributed by atoms with E-state index in [1.54, 1.807) is 32.4 Å². The van der Waals surface area contributed by atoms with E-state index in [9.17, 15) is 13.2 Å². The van der Waals surface area contributed by atoms with E-state index in [1.165, 1.54) is 12.0 Å². The molecular weight excluding hydrogens is 308 g/mol. The number of urea groups is 1. The minimum absolute atomic E-state index is 0.0106. The van der Waals surface area contributed by atoms with Gasteiger partial charge in [0.05, 0.1) is 31.4 Å². The van der Waals surface area contributed by atoms with Crippen molar-refractivity contribution < 1.29 is 22.7 Å². The molecular formula is C14H20N2O5S. The maximum absolute atomic E-state index is 12.3. The van der Waals surface area contributed by atoms with Crippen molar-refractivity contribution in [2.24, 2.45) is 0 Å². The molecule has 122 valence electrons. The summed E-state index contributed by atoms with van der Waals surface area (Å²) in [4.78, 5) is 13.7. The van der Waals surface area contributed by atoms with E-state index in [0.29, 0.717) is 23.6 Å². The van der Waals surface area contributed by atoms with Gasteiger partial charge in [0.25, 0.3) is 0 Å². The van der Waals surface area contributed by atoms with Crippen LogP contribution in [0.15, 0.2) is 18.2 Å². The molecule has 0 aliphatic carbocycles. The van der Waals surface area contributed by atoms with Crippen molar-refractivity contribution in [3.63, 3.8) is 0 Å². The zero-order valence-corrected chi connectivity index (χ0v) is 13.6. The molecule has 1 heterocycles. The van der Waals surface area contributed by atoms with Crippen molar-refractivity contribution >= 4 is 21.6 Å². The molecule has 1 fully saturated rings. The average molecular weight is 328 g/mol. The number of carbonyl (C=O) groups is 1. The second kappa shape index (κ2) is 6.43. The molecule has 22 heavy (non-hydrogen) atoms. The number of sulfone groups is 1. The number of carbonyl (C=O) groups excluding carboxylic acids is 1. The van der Waals surface area contributed by atoms with Crippen molar-refractivity contribution in [2.75, 3.05) is 38.1 Å². The molecule has 0 aromatic heterocycles. The maximum Gasteiger partial charge on any atom is 0.321 e. The van der Waals surface area contributed by atoms with E-state index in [-0.39, 0.29) is 23.6 Å². The Kier molecular flexibility index (Phi) is 4.80. The Labute approximate surface area is 130 Å². The number of anilines is 1. The summed E-state index contributed by atoms with van der Waals surface area (Å²) in [6.07, 6.45) is 0.464. The molecule has 1 saturated heterocycles. The summed E-state index contributed by atoms with van der Waals surface area (Å²) in [6.45, 7) is 0. The Bertz CT molecular complexity index is 659. The van der Waals surface area contributed by atoms with Crippen LogP contribution < -0.4 is 14.8 Å². The summed E-state index contributed by atoms with van der Waals surface area (Å²) in [5.41, 5.74) is 0.501. The topological polar surface area (TPSA) is 84.9 Å². The quantitative estimate of drug-likeness (QED) is 0.902. The minimum Gasteiger partial charge on any atom is -0.497 e. The van der Waals surface area contributed by atoms with Crippen LogP contribution >= 0.6 is 0 Å². The number of hydrogen-bond acceptors (Lipinski definition) is 5. The predicted molar refractivity (Wildman–Crippen MR) is 83.4 cm³/mol. The lowest BCUT2D eigenvalue weighted by Gasteiger charge is -2.24. The summed E-state index contributed by atoms with van der Waals surface area (Å²) in [5, 5.41) is 2.73. The Hall–Kier alpha value is -1.96. The Balaban J connectivity index is 2.08. The third kappa shape index (κ3) is 3.62. The lowest BCUT2D eigenvalue weighted by Crippen LogP contribution is -2.40. The zero-order valence-electron chi connectivity index (χ0n) is 12.8. The van der Waals surface area contributed by atoms with Crippen LogP contribution in [0.5, 0.6) is 11.5 Å². The van der Waals surface area contributed by atoms with Crippen molar-refractivity contribution in [2.45, 2.75) is 12.5 Å². The normalized spacial score (nSPS) is 19.5. The molecule has 0 saturated carbocycles. The first-order valence-electron chi connectivity index (χ1n) is 6.82. The number of ether oxygens (including phenoxy) is 2. The number of benzene rings is 1. The smallest absolute Gasteiger partial charge is 0.321 e. The molecule has 1 aromatic rings. The number of methoxy groups -OCH3 is 2. The molecule has 1 N–H and O–H groups in total. The van der Waals surface area contributed by atoms with Crippen LogP contribution in [0.4, 0.5) is 10.5 Å². The van der Waals surface area contributed by atoms with E-state index < -0.39 is 9.84 Å². The monoisotopic (exact) mass is 328 g/mol. The van der Waals surface area contributed by atoms with Crippen LogP contribution in [0, 0.1) is 0 Å². The second-order valence-electron chi connectivity index (χ2n) is 5.16. The molecule has 2 amide bonds. The maximum atomic E-state index is 12.3. The summed E-state index contributed by atoms with van der Waals surface area (Å²) in [7, 11) is 1.60. The molecule has 1 unspecified atom stereocenters. The SMILES string of the molecule is COc1ccc(NC(=O)N(C)C2CCS(=O)(=O)C2)c(OC)c1. The van der Waals surface area contributed by atoms with Crippen LogP contribution in [0.3, 0.4) is 0 Å². The Morgan fingerprint density at radius 2 is 2.05 bits per heavy atom. The van der Waals surface area contributed by atoms with E-state index >= 15 is 0 Å². The van der Waals surface area contributed by atoms with Gasteiger partial charge >= 0.3 is 6.03 Å². The van der Waals surface area contributed by atoms with Gasteiger partial charge in [-0.15, -0.1) is 0 Å². The van der Waals surface area contributed by atoms with Crippen LogP contribution in [-0.4, -0.2) is 58.2 Å². The highest BCUT2D eigenvalue weighted by Crippen LogP contribution is 2.29. The Morgan fingerprint density at radius 1 is 1.32 bits per heavy atom. The highest BCUT2D eigenvalue weighted by Gasteiger charge is 2.32. The van der Waals surface area contributed by atoms with Crippen molar-refractivity contribution in [3.8, 4) is 11.5 Å². The highest BCUT2D eigenvalue weighted by molar-refractivity contribution is 7.91. The van der Waals surface area contributed by atoms with Crippen molar-refractivity contribution in [1.29, 1.82) is 0 Å². The zero-order chi connectivity index (χ0) is 16.3.